The summed E-state index contributed by atoms with van der Waals surface area (Å²) in [6, 6.07) is 10.6. The minimum atomic E-state index is -1.01. The average molecular weight is 797 g/mol. The lowest BCUT2D eigenvalue weighted by molar-refractivity contribution is -0.164. The average Bonchev–Trinajstić information content (AvgIpc) is 3.43. The van der Waals surface area contributed by atoms with Crippen molar-refractivity contribution in [3.63, 3.8) is 0 Å². The third kappa shape index (κ3) is 7.76. The molecule has 3 fully saturated rings. The number of unbranched alkanes of at least 4 members (excludes halogenated alkanes) is 1. The molecule has 0 bridgehead atoms. The number of carbonyl (C=O) groups excluding carboxylic acids is 5. The Morgan fingerprint density at radius 1 is 0.947 bits per heavy atom. The van der Waals surface area contributed by atoms with Crippen LogP contribution in [0.1, 0.15) is 90.0 Å². The Morgan fingerprint density at radius 2 is 1.63 bits per heavy atom. The van der Waals surface area contributed by atoms with Crippen molar-refractivity contribution in [1.82, 2.24) is 30.4 Å². The largest absolute Gasteiger partial charge is 0.494 e. The number of nitriles is 1. The fraction of sp³-hybridized carbons (Fsp3) is 0.463. The zero-order valence-electron chi connectivity index (χ0n) is 32.3. The van der Waals surface area contributed by atoms with Crippen LogP contribution >= 0.6 is 11.6 Å². The predicted molar refractivity (Wildman–Crippen MR) is 208 cm³/mol. The lowest BCUT2D eigenvalue weighted by Gasteiger charge is -2.63. The fourth-order valence-corrected chi connectivity index (χ4v) is 8.96. The van der Waals surface area contributed by atoms with E-state index in [9.17, 15) is 29.2 Å². The number of ether oxygens (including phenoxy) is 2. The number of nitrogens with zero attached hydrogens (tertiary/aromatic N) is 6. The molecule has 1 unspecified atom stereocenters. The molecule has 15 nitrogen and oxygen atoms in total. The maximum absolute atomic E-state index is 13.4. The van der Waals surface area contributed by atoms with Gasteiger partial charge in [0.1, 0.15) is 29.7 Å². The normalized spacial score (nSPS) is 22.6. The zero-order valence-corrected chi connectivity index (χ0v) is 33.1. The first-order valence-electron chi connectivity index (χ1n) is 19.1. The molecule has 3 aliphatic heterocycles. The molecule has 0 radical (unpaired) electrons. The van der Waals surface area contributed by atoms with Crippen molar-refractivity contribution in [2.45, 2.75) is 71.6 Å². The Morgan fingerprint density at radius 3 is 2.30 bits per heavy atom. The van der Waals surface area contributed by atoms with Crippen molar-refractivity contribution in [2.24, 2.45) is 10.8 Å². The molecule has 7 rings (SSSR count). The van der Waals surface area contributed by atoms with Crippen LogP contribution in [0.25, 0.3) is 0 Å². The number of benzene rings is 2. The van der Waals surface area contributed by atoms with Crippen LogP contribution in [-0.4, -0.2) is 107 Å². The highest BCUT2D eigenvalue weighted by Crippen LogP contribution is 2.55. The van der Waals surface area contributed by atoms with Crippen LogP contribution < -0.4 is 25.0 Å². The molecule has 16 heteroatoms. The third-order valence-electron chi connectivity index (χ3n) is 11.5. The Bertz CT molecular complexity index is 2130. The third-order valence-corrected chi connectivity index (χ3v) is 11.8. The van der Waals surface area contributed by atoms with E-state index in [1.165, 1.54) is 0 Å². The first kappa shape index (κ1) is 39.6. The van der Waals surface area contributed by atoms with Crippen LogP contribution in [0.15, 0.2) is 48.8 Å². The van der Waals surface area contributed by atoms with Crippen molar-refractivity contribution in [1.29, 1.82) is 5.26 Å². The monoisotopic (exact) mass is 796 g/mol. The van der Waals surface area contributed by atoms with E-state index < -0.39 is 40.5 Å². The summed E-state index contributed by atoms with van der Waals surface area (Å²) in [7, 11) is 0. The zero-order chi connectivity index (χ0) is 40.6. The molecule has 1 aromatic heterocycles. The van der Waals surface area contributed by atoms with Crippen LogP contribution in [0.5, 0.6) is 11.5 Å². The molecule has 0 spiro atoms. The molecule has 4 heterocycles. The van der Waals surface area contributed by atoms with Crippen LogP contribution in [0.2, 0.25) is 5.02 Å². The number of piperazine rings is 1. The van der Waals surface area contributed by atoms with Gasteiger partial charge < -0.3 is 19.7 Å². The number of piperidine rings is 1. The second kappa shape index (κ2) is 15.7. The van der Waals surface area contributed by atoms with E-state index in [0.717, 1.165) is 50.5 Å². The summed E-state index contributed by atoms with van der Waals surface area (Å²) in [5.41, 5.74) is 0.374. The number of amides is 5. The van der Waals surface area contributed by atoms with Crippen LogP contribution in [0.3, 0.4) is 0 Å². The first-order valence-corrected chi connectivity index (χ1v) is 19.5. The maximum Gasteiger partial charge on any atom is 0.262 e. The van der Waals surface area contributed by atoms with Gasteiger partial charge in [0.05, 0.1) is 33.9 Å². The highest BCUT2D eigenvalue weighted by molar-refractivity contribution is 6.31. The molecular formula is C41H45ClN8O7. The summed E-state index contributed by atoms with van der Waals surface area (Å²) in [5.74, 6) is -0.799. The topological polar surface area (TPSA) is 187 Å². The summed E-state index contributed by atoms with van der Waals surface area (Å²) < 4.78 is 12.3. The molecular weight excluding hydrogens is 752 g/mol. The number of carbonyl (C=O) groups is 5. The molecule has 1 atom stereocenters. The van der Waals surface area contributed by atoms with Gasteiger partial charge in [-0.2, -0.15) is 5.26 Å². The SMILES string of the molecule is CC1(C)C(NC(=O)c2cnc(N3CCN(CCCCOc4ccc5c(c4)C(=O)N(C4CCC(=O)NC4=O)C5=O)CC3)nc2)C(C)(C)C1Oc1ccc(C#N)c(Cl)c1. The van der Waals surface area contributed by atoms with E-state index in [2.05, 4.69) is 64.2 Å². The molecule has 5 amide bonds. The number of anilines is 1. The van der Waals surface area contributed by atoms with Gasteiger partial charge in [0.15, 0.2) is 0 Å². The van der Waals surface area contributed by atoms with Gasteiger partial charge in [0.2, 0.25) is 17.8 Å². The van der Waals surface area contributed by atoms with Crippen molar-refractivity contribution >= 4 is 47.1 Å². The summed E-state index contributed by atoms with van der Waals surface area (Å²) in [5, 5.41) is 14.9. The number of rotatable bonds is 12. The second-order valence-electron chi connectivity index (χ2n) is 16.1. The second-order valence-corrected chi connectivity index (χ2v) is 16.5. The molecule has 57 heavy (non-hydrogen) atoms. The van der Waals surface area contributed by atoms with Gasteiger partial charge in [-0.3, -0.25) is 39.1 Å². The lowest BCUT2D eigenvalue weighted by Crippen LogP contribution is -2.74. The fourth-order valence-electron chi connectivity index (χ4n) is 8.75. The van der Waals surface area contributed by atoms with Gasteiger partial charge in [-0.15, -0.1) is 0 Å². The summed E-state index contributed by atoms with van der Waals surface area (Å²) in [6.45, 7) is 12.7. The lowest BCUT2D eigenvalue weighted by atomic mass is 9.49. The van der Waals surface area contributed by atoms with E-state index in [-0.39, 0.29) is 42.0 Å². The Hall–Kier alpha value is -5.59. The van der Waals surface area contributed by atoms with Gasteiger partial charge in [-0.1, -0.05) is 39.3 Å². The number of hydrogen-bond donors (Lipinski definition) is 2. The van der Waals surface area contributed by atoms with E-state index >= 15 is 0 Å². The van der Waals surface area contributed by atoms with Crippen molar-refractivity contribution < 1.29 is 33.4 Å². The van der Waals surface area contributed by atoms with Gasteiger partial charge >= 0.3 is 0 Å². The molecule has 2 saturated heterocycles. The smallest absolute Gasteiger partial charge is 0.262 e. The minimum absolute atomic E-state index is 0.0662. The van der Waals surface area contributed by atoms with E-state index in [1.807, 2.05) is 0 Å². The number of aromatic nitrogens is 2. The van der Waals surface area contributed by atoms with Crippen molar-refractivity contribution in [2.75, 3.05) is 44.2 Å². The Balaban J connectivity index is 0.826. The molecule has 2 N–H and O–H groups in total. The first-order chi connectivity index (χ1) is 27.2. The molecule has 1 saturated carbocycles. The molecule has 1 aliphatic carbocycles. The number of nitrogens with one attached hydrogen (secondary N) is 2. The quantitative estimate of drug-likeness (QED) is 0.199. The standard InChI is InChI=1S/C41H45ClN8O7/c1-40(2)37(41(3,4)38(40)57-27-8-7-24(21-43)30(42)20-27)47-33(52)25-22-44-39(45-23-25)49-16-14-48(15-17-49)13-5-6-18-56-26-9-10-28-29(19-26)36(55)50(35(28)54)31-11-12-32(51)46-34(31)53/h7-10,19-20,22-23,31,37-38H,5-6,11-18H2,1-4H3,(H,47,52)(H,46,51,53). The maximum atomic E-state index is 13.4. The van der Waals surface area contributed by atoms with Gasteiger partial charge in [-0.05, 0) is 56.1 Å². The molecule has 298 valence electrons. The van der Waals surface area contributed by atoms with Gasteiger partial charge in [0.25, 0.3) is 17.7 Å². The molecule has 3 aromatic rings. The minimum Gasteiger partial charge on any atom is -0.494 e. The van der Waals surface area contributed by atoms with E-state index in [1.54, 1.807) is 48.8 Å². The molecule has 4 aliphatic rings. The Labute approximate surface area is 335 Å². The predicted octanol–water partition coefficient (Wildman–Crippen LogP) is 4.00. The number of hydrogen-bond acceptors (Lipinski definition) is 12. The van der Waals surface area contributed by atoms with Crippen molar-refractivity contribution in [3.05, 3.63) is 76.1 Å². The number of fused-ring (bicyclic) bond motifs is 1. The Kier molecular flexibility index (Phi) is 10.9. The van der Waals surface area contributed by atoms with Crippen LogP contribution in [0.4, 0.5) is 5.95 Å². The van der Waals surface area contributed by atoms with Crippen LogP contribution in [-0.2, 0) is 9.59 Å². The summed E-state index contributed by atoms with van der Waals surface area (Å²) in [6.07, 6.45) is 4.78. The van der Waals surface area contributed by atoms with E-state index in [0.29, 0.717) is 40.2 Å². The van der Waals surface area contributed by atoms with Gasteiger partial charge in [-0.25, -0.2) is 9.97 Å². The highest BCUT2D eigenvalue weighted by Gasteiger charge is 2.64. The van der Waals surface area contributed by atoms with E-state index in [4.69, 9.17) is 21.1 Å². The summed E-state index contributed by atoms with van der Waals surface area (Å²) in [4.78, 5) is 77.7. The van der Waals surface area contributed by atoms with Crippen molar-refractivity contribution in [3.8, 4) is 17.6 Å². The van der Waals surface area contributed by atoms with Crippen LogP contribution in [0, 0.1) is 22.2 Å². The highest BCUT2D eigenvalue weighted by atomic mass is 35.5. The summed E-state index contributed by atoms with van der Waals surface area (Å²) >= 11 is 6.23. The van der Waals surface area contributed by atoms with Gasteiger partial charge in [0, 0.05) is 67.9 Å². The molecule has 2 aromatic carbocycles. The number of imide groups is 2. The number of halogens is 1.